The van der Waals surface area contributed by atoms with E-state index in [1.807, 2.05) is 11.9 Å². The number of methoxy groups -OCH3 is 1. The monoisotopic (exact) mass is 256 g/mol. The molecule has 0 amide bonds. The highest BCUT2D eigenvalue weighted by atomic mass is 19.1. The molecule has 1 saturated heterocycles. The summed E-state index contributed by atoms with van der Waals surface area (Å²) in [7, 11) is 3.26. The summed E-state index contributed by atoms with van der Waals surface area (Å²) in [5, 5.41) is 3.25. The zero-order valence-electron chi connectivity index (χ0n) is 10.7. The summed E-state index contributed by atoms with van der Waals surface area (Å²) >= 11 is 0. The zero-order chi connectivity index (χ0) is 13.1. The van der Waals surface area contributed by atoms with Crippen molar-refractivity contribution in [1.29, 1.82) is 0 Å². The average molecular weight is 256 g/mol. The van der Waals surface area contributed by atoms with Gasteiger partial charge in [0.1, 0.15) is 5.82 Å². The fourth-order valence-corrected chi connectivity index (χ4v) is 2.26. The molecule has 100 valence electrons. The molecule has 0 aliphatic carbocycles. The lowest BCUT2D eigenvalue weighted by molar-refractivity contribution is 0.245. The Kier molecular flexibility index (Phi) is 4.14. The van der Waals surface area contributed by atoms with E-state index in [4.69, 9.17) is 4.74 Å². The van der Waals surface area contributed by atoms with E-state index >= 15 is 0 Å². The number of benzene rings is 1. The van der Waals surface area contributed by atoms with Crippen LogP contribution in [-0.2, 0) is 6.54 Å². The SMILES string of the molecule is COc1cc(F)c(CN(C)C2CCNC2)cc1F. The molecule has 0 spiro atoms. The third kappa shape index (κ3) is 2.79. The predicted molar refractivity (Wildman–Crippen MR) is 65.7 cm³/mol. The van der Waals surface area contributed by atoms with Gasteiger partial charge in [-0.15, -0.1) is 0 Å². The number of ether oxygens (including phenoxy) is 1. The Hall–Kier alpha value is -1.20. The van der Waals surface area contributed by atoms with Gasteiger partial charge in [-0.2, -0.15) is 0 Å². The maximum absolute atomic E-state index is 13.8. The van der Waals surface area contributed by atoms with E-state index in [0.29, 0.717) is 18.2 Å². The van der Waals surface area contributed by atoms with Crippen LogP contribution in [-0.4, -0.2) is 38.2 Å². The molecule has 0 aromatic heterocycles. The van der Waals surface area contributed by atoms with Crippen molar-refractivity contribution in [2.75, 3.05) is 27.2 Å². The van der Waals surface area contributed by atoms with Gasteiger partial charge in [-0.3, -0.25) is 4.90 Å². The Balaban J connectivity index is 2.10. The molecule has 1 N–H and O–H groups in total. The third-order valence-electron chi connectivity index (χ3n) is 3.40. The summed E-state index contributed by atoms with van der Waals surface area (Å²) in [4.78, 5) is 2.05. The van der Waals surface area contributed by atoms with Crippen LogP contribution in [0.3, 0.4) is 0 Å². The Morgan fingerprint density at radius 3 is 2.78 bits per heavy atom. The Labute approximate surface area is 106 Å². The number of nitrogens with zero attached hydrogens (tertiary/aromatic N) is 1. The van der Waals surface area contributed by atoms with Gasteiger partial charge in [0, 0.05) is 30.8 Å². The maximum Gasteiger partial charge on any atom is 0.165 e. The number of halogens is 2. The lowest BCUT2D eigenvalue weighted by atomic mass is 10.1. The summed E-state index contributed by atoms with van der Waals surface area (Å²) in [6.07, 6.45) is 1.04. The number of rotatable bonds is 4. The largest absolute Gasteiger partial charge is 0.494 e. The Bertz CT molecular complexity index is 420. The molecule has 1 aliphatic heterocycles. The average Bonchev–Trinajstić information content (AvgIpc) is 2.87. The van der Waals surface area contributed by atoms with Crippen LogP contribution in [0.4, 0.5) is 8.78 Å². The van der Waals surface area contributed by atoms with Crippen molar-refractivity contribution in [2.45, 2.75) is 19.0 Å². The molecular weight excluding hydrogens is 238 g/mol. The van der Waals surface area contributed by atoms with E-state index in [2.05, 4.69) is 5.32 Å². The van der Waals surface area contributed by atoms with Crippen LogP contribution in [0, 0.1) is 11.6 Å². The fourth-order valence-electron chi connectivity index (χ4n) is 2.26. The van der Waals surface area contributed by atoms with Crippen molar-refractivity contribution in [3.63, 3.8) is 0 Å². The molecule has 5 heteroatoms. The van der Waals surface area contributed by atoms with Crippen molar-refractivity contribution in [2.24, 2.45) is 0 Å². The van der Waals surface area contributed by atoms with Crippen LogP contribution in [0.2, 0.25) is 0 Å². The molecule has 1 unspecified atom stereocenters. The van der Waals surface area contributed by atoms with Crippen LogP contribution in [0.1, 0.15) is 12.0 Å². The van der Waals surface area contributed by atoms with Gasteiger partial charge in [0.05, 0.1) is 7.11 Å². The van der Waals surface area contributed by atoms with Gasteiger partial charge in [0.15, 0.2) is 11.6 Å². The number of hydrogen-bond donors (Lipinski definition) is 1. The smallest absolute Gasteiger partial charge is 0.165 e. The summed E-state index contributed by atoms with van der Waals surface area (Å²) in [5.74, 6) is -1.00. The van der Waals surface area contributed by atoms with Gasteiger partial charge in [-0.05, 0) is 26.1 Å². The van der Waals surface area contributed by atoms with Gasteiger partial charge < -0.3 is 10.1 Å². The lowest BCUT2D eigenvalue weighted by Crippen LogP contribution is -2.33. The summed E-state index contributed by atoms with van der Waals surface area (Å²) in [6.45, 7) is 2.28. The van der Waals surface area contributed by atoms with Crippen LogP contribution < -0.4 is 10.1 Å². The number of hydrogen-bond acceptors (Lipinski definition) is 3. The predicted octanol–water partition coefficient (Wildman–Crippen LogP) is 1.77. The van der Waals surface area contributed by atoms with Gasteiger partial charge in [0.2, 0.25) is 0 Å². The fraction of sp³-hybridized carbons (Fsp3) is 0.538. The molecule has 1 aromatic carbocycles. The quantitative estimate of drug-likeness (QED) is 0.888. The Morgan fingerprint density at radius 2 is 2.17 bits per heavy atom. The van der Waals surface area contributed by atoms with Crippen molar-refractivity contribution in [3.05, 3.63) is 29.3 Å². The summed E-state index contributed by atoms with van der Waals surface area (Å²) in [5.41, 5.74) is 0.364. The third-order valence-corrected chi connectivity index (χ3v) is 3.40. The molecule has 0 bridgehead atoms. The van der Waals surface area contributed by atoms with Gasteiger partial charge >= 0.3 is 0 Å². The second-order valence-corrected chi connectivity index (χ2v) is 4.64. The number of nitrogens with one attached hydrogen (secondary N) is 1. The maximum atomic E-state index is 13.8. The first kappa shape index (κ1) is 13.2. The molecule has 2 rings (SSSR count). The first-order chi connectivity index (χ1) is 8.61. The second-order valence-electron chi connectivity index (χ2n) is 4.64. The molecule has 1 heterocycles. The van der Waals surface area contributed by atoms with E-state index in [1.54, 1.807) is 0 Å². The summed E-state index contributed by atoms with van der Waals surface area (Å²) in [6, 6.07) is 2.70. The highest BCUT2D eigenvalue weighted by molar-refractivity contribution is 5.30. The Morgan fingerprint density at radius 1 is 1.39 bits per heavy atom. The topological polar surface area (TPSA) is 24.5 Å². The molecule has 0 saturated carbocycles. The van der Waals surface area contributed by atoms with Crippen LogP contribution in [0.5, 0.6) is 5.75 Å². The van der Waals surface area contributed by atoms with E-state index in [0.717, 1.165) is 25.6 Å². The normalized spacial score (nSPS) is 19.5. The van der Waals surface area contributed by atoms with Gasteiger partial charge in [-0.25, -0.2) is 8.78 Å². The van der Waals surface area contributed by atoms with Crippen LogP contribution in [0.15, 0.2) is 12.1 Å². The van der Waals surface area contributed by atoms with Crippen molar-refractivity contribution in [1.82, 2.24) is 10.2 Å². The molecule has 1 aliphatic rings. The van der Waals surface area contributed by atoms with E-state index in [1.165, 1.54) is 13.2 Å². The molecule has 1 fully saturated rings. The van der Waals surface area contributed by atoms with Crippen LogP contribution >= 0.6 is 0 Å². The second kappa shape index (κ2) is 5.63. The van der Waals surface area contributed by atoms with Crippen molar-refractivity contribution in [3.8, 4) is 5.75 Å². The molecule has 1 atom stereocenters. The zero-order valence-corrected chi connectivity index (χ0v) is 10.7. The molecule has 3 nitrogen and oxygen atoms in total. The lowest BCUT2D eigenvalue weighted by Gasteiger charge is -2.23. The van der Waals surface area contributed by atoms with Gasteiger partial charge in [-0.1, -0.05) is 0 Å². The molecule has 0 radical (unpaired) electrons. The first-order valence-electron chi connectivity index (χ1n) is 6.04. The first-order valence-corrected chi connectivity index (χ1v) is 6.04. The van der Waals surface area contributed by atoms with E-state index in [9.17, 15) is 8.78 Å². The number of likely N-dealkylation sites (N-methyl/N-ethyl adjacent to an activating group) is 1. The standard InChI is InChI=1S/C13H18F2N2O/c1-17(10-3-4-16-7-10)8-9-5-12(15)13(18-2)6-11(9)14/h5-6,10,16H,3-4,7-8H2,1-2H3. The van der Waals surface area contributed by atoms with Crippen LogP contribution in [0.25, 0.3) is 0 Å². The van der Waals surface area contributed by atoms with E-state index < -0.39 is 11.6 Å². The highest BCUT2D eigenvalue weighted by Gasteiger charge is 2.20. The summed E-state index contributed by atoms with van der Waals surface area (Å²) < 4.78 is 32.1. The van der Waals surface area contributed by atoms with Gasteiger partial charge in [0.25, 0.3) is 0 Å². The molecular formula is C13H18F2N2O. The molecule has 18 heavy (non-hydrogen) atoms. The minimum atomic E-state index is -0.521. The van der Waals surface area contributed by atoms with Crippen molar-refractivity contribution < 1.29 is 13.5 Å². The van der Waals surface area contributed by atoms with Crippen molar-refractivity contribution >= 4 is 0 Å². The van der Waals surface area contributed by atoms with E-state index in [-0.39, 0.29) is 5.75 Å². The minimum absolute atomic E-state index is 0.0542. The highest BCUT2D eigenvalue weighted by Crippen LogP contribution is 2.22. The molecule has 1 aromatic rings. The minimum Gasteiger partial charge on any atom is -0.494 e.